The van der Waals surface area contributed by atoms with Crippen LogP contribution in [0, 0.1) is 0 Å². The first-order valence-electron chi connectivity index (χ1n) is 9.07. The Labute approximate surface area is 157 Å². The van der Waals surface area contributed by atoms with Crippen LogP contribution in [0.25, 0.3) is 33.2 Å². The first kappa shape index (κ1) is 15.6. The summed E-state index contributed by atoms with van der Waals surface area (Å²) in [5.41, 5.74) is 11.1. The van der Waals surface area contributed by atoms with Crippen LogP contribution in [-0.2, 0) is 6.54 Å². The van der Waals surface area contributed by atoms with Gasteiger partial charge in [0.15, 0.2) is 0 Å². The quantitative estimate of drug-likeness (QED) is 0.438. The van der Waals surface area contributed by atoms with Crippen LogP contribution in [0.15, 0.2) is 91.0 Å². The molecule has 0 fully saturated rings. The van der Waals surface area contributed by atoms with E-state index in [0.717, 1.165) is 34.7 Å². The summed E-state index contributed by atoms with van der Waals surface area (Å²) in [4.78, 5) is 4.91. The van der Waals surface area contributed by atoms with E-state index in [9.17, 15) is 0 Å². The highest BCUT2D eigenvalue weighted by molar-refractivity contribution is 5.86. The maximum atomic E-state index is 5.88. The molecule has 1 heterocycles. The fourth-order valence-electron chi connectivity index (χ4n) is 3.69. The molecule has 0 atom stereocenters. The van der Waals surface area contributed by atoms with Crippen molar-refractivity contribution < 1.29 is 0 Å². The third-order valence-electron chi connectivity index (χ3n) is 5.03. The Morgan fingerprint density at radius 3 is 2.37 bits per heavy atom. The molecule has 0 spiro atoms. The highest BCUT2D eigenvalue weighted by Gasteiger charge is 2.13. The number of nitrogen functional groups attached to an aromatic ring is 1. The molecule has 0 aliphatic rings. The molecule has 3 nitrogen and oxygen atoms in total. The highest BCUT2D eigenvalue weighted by atomic mass is 15.1. The molecule has 0 aliphatic heterocycles. The molecule has 4 aromatic carbocycles. The van der Waals surface area contributed by atoms with Crippen LogP contribution in [0.5, 0.6) is 0 Å². The van der Waals surface area contributed by atoms with Crippen molar-refractivity contribution in [1.82, 2.24) is 9.55 Å². The summed E-state index contributed by atoms with van der Waals surface area (Å²) < 4.78 is 2.29. The molecule has 3 heteroatoms. The Kier molecular flexibility index (Phi) is 3.65. The fourth-order valence-corrected chi connectivity index (χ4v) is 3.69. The molecule has 0 aliphatic carbocycles. The maximum Gasteiger partial charge on any atom is 0.141 e. The van der Waals surface area contributed by atoms with Crippen molar-refractivity contribution in [3.05, 3.63) is 96.6 Å². The zero-order chi connectivity index (χ0) is 18.2. The van der Waals surface area contributed by atoms with Gasteiger partial charge in [0.05, 0.1) is 17.6 Å². The van der Waals surface area contributed by atoms with Crippen molar-refractivity contribution >= 4 is 27.5 Å². The molecule has 2 N–H and O–H groups in total. The number of nitrogens with zero attached hydrogens (tertiary/aromatic N) is 2. The van der Waals surface area contributed by atoms with Gasteiger partial charge < -0.3 is 10.3 Å². The summed E-state index contributed by atoms with van der Waals surface area (Å²) in [6, 6.07) is 31.2. The second kappa shape index (κ2) is 6.29. The molecule has 0 unspecified atom stereocenters. The Balaban J connectivity index is 1.72. The lowest BCUT2D eigenvalue weighted by Crippen LogP contribution is -2.03. The third-order valence-corrected chi connectivity index (χ3v) is 5.03. The number of nitrogens with two attached hydrogens (primary N) is 1. The summed E-state index contributed by atoms with van der Waals surface area (Å²) in [6.07, 6.45) is 0. The summed E-state index contributed by atoms with van der Waals surface area (Å²) in [7, 11) is 0. The van der Waals surface area contributed by atoms with E-state index in [4.69, 9.17) is 10.7 Å². The van der Waals surface area contributed by atoms with Gasteiger partial charge in [0.1, 0.15) is 5.82 Å². The lowest BCUT2D eigenvalue weighted by Gasteiger charge is -2.12. The minimum atomic E-state index is 0.760. The zero-order valence-electron chi connectivity index (χ0n) is 14.8. The predicted octanol–water partition coefficient (Wildman–Crippen LogP) is 5.49. The molecule has 5 rings (SSSR count). The van der Waals surface area contributed by atoms with E-state index in [0.29, 0.717) is 0 Å². The second-order valence-electron chi connectivity index (χ2n) is 6.77. The predicted molar refractivity (Wildman–Crippen MR) is 113 cm³/mol. The molecule has 0 amide bonds. The minimum Gasteiger partial charge on any atom is -0.399 e. The molecule has 27 heavy (non-hydrogen) atoms. The lowest BCUT2D eigenvalue weighted by molar-refractivity contribution is 0.840. The molecule has 0 radical (unpaired) electrons. The Morgan fingerprint density at radius 2 is 1.48 bits per heavy atom. The van der Waals surface area contributed by atoms with Crippen LogP contribution in [-0.4, -0.2) is 9.55 Å². The monoisotopic (exact) mass is 349 g/mol. The van der Waals surface area contributed by atoms with Gasteiger partial charge in [0.2, 0.25) is 0 Å². The number of fused-ring (bicyclic) bond motifs is 2. The number of hydrogen-bond acceptors (Lipinski definition) is 2. The van der Waals surface area contributed by atoms with Crippen molar-refractivity contribution in [3.8, 4) is 11.4 Å². The van der Waals surface area contributed by atoms with Gasteiger partial charge in [0.25, 0.3) is 0 Å². The Morgan fingerprint density at radius 1 is 0.741 bits per heavy atom. The van der Waals surface area contributed by atoms with E-state index in [1.54, 1.807) is 0 Å². The summed E-state index contributed by atoms with van der Waals surface area (Å²) in [6.45, 7) is 0.765. The normalized spacial score (nSPS) is 11.3. The third kappa shape index (κ3) is 2.74. The number of anilines is 1. The first-order valence-corrected chi connectivity index (χ1v) is 9.07. The van der Waals surface area contributed by atoms with E-state index in [2.05, 4.69) is 65.2 Å². The topological polar surface area (TPSA) is 43.8 Å². The molecule has 5 aromatic rings. The van der Waals surface area contributed by atoms with Gasteiger partial charge in [-0.15, -0.1) is 0 Å². The number of aromatic nitrogens is 2. The largest absolute Gasteiger partial charge is 0.399 e. The van der Waals surface area contributed by atoms with E-state index in [1.807, 2.05) is 30.3 Å². The van der Waals surface area contributed by atoms with Crippen molar-refractivity contribution in [2.75, 3.05) is 5.73 Å². The molecule has 0 saturated heterocycles. The standard InChI is InChI=1S/C24H19N3/c25-20-14-12-18(13-15-20)24-26-22-10-3-4-11-23(22)27(24)16-19-8-5-7-17-6-1-2-9-21(17)19/h1-15H,16,25H2. The molecule has 0 saturated carbocycles. The number of benzene rings is 4. The van der Waals surface area contributed by atoms with Crippen molar-refractivity contribution in [2.45, 2.75) is 6.54 Å². The first-order chi connectivity index (χ1) is 13.3. The van der Waals surface area contributed by atoms with E-state index in [1.165, 1.54) is 16.3 Å². The summed E-state index contributed by atoms with van der Waals surface area (Å²) >= 11 is 0. The van der Waals surface area contributed by atoms with Crippen LogP contribution in [0.3, 0.4) is 0 Å². The number of rotatable bonds is 3. The van der Waals surface area contributed by atoms with Gasteiger partial charge in [-0.25, -0.2) is 4.98 Å². The van der Waals surface area contributed by atoms with Gasteiger partial charge in [-0.3, -0.25) is 0 Å². The molecule has 0 bridgehead atoms. The molecular formula is C24H19N3. The fraction of sp³-hybridized carbons (Fsp3) is 0.0417. The van der Waals surface area contributed by atoms with Crippen LogP contribution in [0.2, 0.25) is 0 Å². The number of imidazole rings is 1. The van der Waals surface area contributed by atoms with Gasteiger partial charge in [-0.1, -0.05) is 54.6 Å². The van der Waals surface area contributed by atoms with Crippen LogP contribution in [0.1, 0.15) is 5.56 Å². The number of para-hydroxylation sites is 2. The number of hydrogen-bond donors (Lipinski definition) is 1. The Hall–Kier alpha value is -3.59. The highest BCUT2D eigenvalue weighted by Crippen LogP contribution is 2.28. The van der Waals surface area contributed by atoms with Gasteiger partial charge in [-0.2, -0.15) is 0 Å². The zero-order valence-corrected chi connectivity index (χ0v) is 14.8. The van der Waals surface area contributed by atoms with Crippen molar-refractivity contribution in [3.63, 3.8) is 0 Å². The van der Waals surface area contributed by atoms with Gasteiger partial charge in [0, 0.05) is 11.3 Å². The maximum absolute atomic E-state index is 5.88. The van der Waals surface area contributed by atoms with Gasteiger partial charge in [-0.05, 0) is 52.7 Å². The summed E-state index contributed by atoms with van der Waals surface area (Å²) in [5.74, 6) is 0.962. The van der Waals surface area contributed by atoms with E-state index >= 15 is 0 Å². The second-order valence-corrected chi connectivity index (χ2v) is 6.77. The summed E-state index contributed by atoms with van der Waals surface area (Å²) in [5, 5.41) is 2.54. The Bertz CT molecular complexity index is 1240. The van der Waals surface area contributed by atoms with E-state index < -0.39 is 0 Å². The van der Waals surface area contributed by atoms with E-state index in [-0.39, 0.29) is 0 Å². The lowest BCUT2D eigenvalue weighted by atomic mass is 10.0. The van der Waals surface area contributed by atoms with Crippen molar-refractivity contribution in [1.29, 1.82) is 0 Å². The van der Waals surface area contributed by atoms with Crippen LogP contribution >= 0.6 is 0 Å². The van der Waals surface area contributed by atoms with Crippen LogP contribution < -0.4 is 5.73 Å². The SMILES string of the molecule is Nc1ccc(-c2nc3ccccc3n2Cc2cccc3ccccc23)cc1. The smallest absolute Gasteiger partial charge is 0.141 e. The average Bonchev–Trinajstić information content (AvgIpc) is 3.07. The molecule has 130 valence electrons. The minimum absolute atomic E-state index is 0.760. The van der Waals surface area contributed by atoms with Gasteiger partial charge >= 0.3 is 0 Å². The molecular weight excluding hydrogens is 330 g/mol. The molecule has 1 aromatic heterocycles. The average molecular weight is 349 g/mol. The van der Waals surface area contributed by atoms with Crippen LogP contribution in [0.4, 0.5) is 5.69 Å². The van der Waals surface area contributed by atoms with Crippen molar-refractivity contribution in [2.24, 2.45) is 0 Å².